The van der Waals surface area contributed by atoms with E-state index in [-0.39, 0.29) is 12.1 Å². The summed E-state index contributed by atoms with van der Waals surface area (Å²) in [6, 6.07) is 9.81. The van der Waals surface area contributed by atoms with E-state index in [0.29, 0.717) is 26.4 Å². The summed E-state index contributed by atoms with van der Waals surface area (Å²) in [6.07, 6.45) is 2.79. The van der Waals surface area contributed by atoms with Crippen molar-refractivity contribution >= 4 is 6.03 Å². The first-order valence-corrected chi connectivity index (χ1v) is 9.60. The number of rotatable bonds is 5. The van der Waals surface area contributed by atoms with Gasteiger partial charge < -0.3 is 19.7 Å². The van der Waals surface area contributed by atoms with Crippen molar-refractivity contribution in [1.29, 1.82) is 0 Å². The van der Waals surface area contributed by atoms with Crippen LogP contribution in [0.4, 0.5) is 4.79 Å². The third-order valence-corrected chi connectivity index (χ3v) is 5.29. The van der Waals surface area contributed by atoms with Gasteiger partial charge >= 0.3 is 6.03 Å². The molecule has 144 valence electrons. The molecule has 7 nitrogen and oxygen atoms in total. The second-order valence-electron chi connectivity index (χ2n) is 6.90. The van der Waals surface area contributed by atoms with E-state index in [1.165, 1.54) is 5.69 Å². The zero-order valence-corrected chi connectivity index (χ0v) is 15.7. The standard InChI is InChI=1S/C20H26N4O3/c1-21-20(25)23-10-5-8-18(23)19-16-14-26-12-9-17(16)24(22-19)11-13-27-15-6-3-2-4-7-15/h2-4,6-7,18H,5,8-14H2,1H3,(H,21,25). The molecule has 1 fully saturated rings. The number of aromatic nitrogens is 2. The predicted molar refractivity (Wildman–Crippen MR) is 101 cm³/mol. The zero-order valence-electron chi connectivity index (χ0n) is 15.7. The number of likely N-dealkylation sites (tertiary alicyclic amines) is 1. The maximum Gasteiger partial charge on any atom is 0.317 e. The molecule has 7 heteroatoms. The van der Waals surface area contributed by atoms with Crippen LogP contribution in [0.5, 0.6) is 5.75 Å². The van der Waals surface area contributed by atoms with Gasteiger partial charge in [0.2, 0.25) is 0 Å². The van der Waals surface area contributed by atoms with Crippen molar-refractivity contribution < 1.29 is 14.3 Å². The lowest BCUT2D eigenvalue weighted by Crippen LogP contribution is -2.38. The molecule has 1 unspecified atom stereocenters. The Morgan fingerprint density at radius 2 is 2.22 bits per heavy atom. The van der Waals surface area contributed by atoms with Gasteiger partial charge in [-0.2, -0.15) is 5.10 Å². The molecule has 1 aromatic heterocycles. The average molecular weight is 370 g/mol. The Bertz CT molecular complexity index is 790. The number of hydrogen-bond donors (Lipinski definition) is 1. The molecule has 0 spiro atoms. The summed E-state index contributed by atoms with van der Waals surface area (Å²) in [4.78, 5) is 14.1. The molecule has 2 aromatic rings. The number of urea groups is 1. The fraction of sp³-hybridized carbons (Fsp3) is 0.500. The van der Waals surface area contributed by atoms with Gasteiger partial charge in [-0.25, -0.2) is 4.79 Å². The summed E-state index contributed by atoms with van der Waals surface area (Å²) in [7, 11) is 1.68. The number of nitrogens with zero attached hydrogens (tertiary/aromatic N) is 3. The summed E-state index contributed by atoms with van der Waals surface area (Å²) >= 11 is 0. The van der Waals surface area contributed by atoms with Crippen LogP contribution in [0.25, 0.3) is 0 Å². The maximum atomic E-state index is 12.2. The summed E-state index contributed by atoms with van der Waals surface area (Å²) < 4.78 is 13.6. The smallest absolute Gasteiger partial charge is 0.317 e. The Hall–Kier alpha value is -2.54. The first kappa shape index (κ1) is 17.9. The second kappa shape index (κ2) is 8.00. The first-order chi connectivity index (χ1) is 13.3. The minimum absolute atomic E-state index is 0.0247. The molecule has 0 bridgehead atoms. The lowest BCUT2D eigenvalue weighted by molar-refractivity contribution is 0.107. The highest BCUT2D eigenvalue weighted by atomic mass is 16.5. The molecule has 2 aliphatic heterocycles. The van der Waals surface area contributed by atoms with Crippen molar-refractivity contribution in [3.63, 3.8) is 0 Å². The number of hydrogen-bond acceptors (Lipinski definition) is 4. The fourth-order valence-corrected chi connectivity index (χ4v) is 3.99. The van der Waals surface area contributed by atoms with Gasteiger partial charge in [-0.1, -0.05) is 18.2 Å². The SMILES string of the molecule is CNC(=O)N1CCCC1c1nn(CCOc2ccccc2)c2c1COCC2. The molecule has 1 atom stereocenters. The Kier molecular flexibility index (Phi) is 5.29. The lowest BCUT2D eigenvalue weighted by Gasteiger charge is -2.24. The van der Waals surface area contributed by atoms with E-state index >= 15 is 0 Å². The van der Waals surface area contributed by atoms with Crippen molar-refractivity contribution in [3.05, 3.63) is 47.3 Å². The van der Waals surface area contributed by atoms with Crippen LogP contribution < -0.4 is 10.1 Å². The molecule has 2 aliphatic rings. The topological polar surface area (TPSA) is 68.6 Å². The summed E-state index contributed by atoms with van der Waals surface area (Å²) in [5.41, 5.74) is 3.36. The maximum absolute atomic E-state index is 12.2. The Morgan fingerprint density at radius 3 is 3.04 bits per heavy atom. The Labute approximate surface area is 159 Å². The van der Waals surface area contributed by atoms with Gasteiger partial charge in [0.25, 0.3) is 0 Å². The Morgan fingerprint density at radius 1 is 1.37 bits per heavy atom. The quantitative estimate of drug-likeness (QED) is 0.878. The van der Waals surface area contributed by atoms with Crippen molar-refractivity contribution in [2.24, 2.45) is 0 Å². The molecular formula is C20H26N4O3. The van der Waals surface area contributed by atoms with Crippen molar-refractivity contribution in [2.75, 3.05) is 26.8 Å². The molecule has 1 N–H and O–H groups in total. The third-order valence-electron chi connectivity index (χ3n) is 5.29. The van der Waals surface area contributed by atoms with E-state index in [2.05, 4.69) is 10.00 Å². The van der Waals surface area contributed by atoms with Crippen LogP contribution in [0.2, 0.25) is 0 Å². The predicted octanol–water partition coefficient (Wildman–Crippen LogP) is 2.51. The van der Waals surface area contributed by atoms with Crippen LogP contribution >= 0.6 is 0 Å². The number of fused-ring (bicyclic) bond motifs is 1. The first-order valence-electron chi connectivity index (χ1n) is 9.60. The van der Waals surface area contributed by atoms with Crippen molar-refractivity contribution in [1.82, 2.24) is 20.0 Å². The van der Waals surface area contributed by atoms with E-state index in [9.17, 15) is 4.79 Å². The molecule has 4 rings (SSSR count). The molecule has 3 heterocycles. The van der Waals surface area contributed by atoms with Crippen molar-refractivity contribution in [3.8, 4) is 5.75 Å². The highest BCUT2D eigenvalue weighted by molar-refractivity contribution is 5.74. The minimum Gasteiger partial charge on any atom is -0.492 e. The van der Waals surface area contributed by atoms with E-state index in [1.807, 2.05) is 35.2 Å². The monoisotopic (exact) mass is 370 g/mol. The molecular weight excluding hydrogens is 344 g/mol. The summed E-state index contributed by atoms with van der Waals surface area (Å²) in [5.74, 6) is 0.865. The van der Waals surface area contributed by atoms with Crippen LogP contribution in [0.15, 0.2) is 30.3 Å². The van der Waals surface area contributed by atoms with Crippen LogP contribution in [0, 0.1) is 0 Å². The van der Waals surface area contributed by atoms with Gasteiger partial charge in [-0.15, -0.1) is 0 Å². The largest absolute Gasteiger partial charge is 0.492 e. The molecule has 0 radical (unpaired) electrons. The molecule has 0 saturated carbocycles. The van der Waals surface area contributed by atoms with Gasteiger partial charge in [-0.05, 0) is 25.0 Å². The Balaban J connectivity index is 1.53. The van der Waals surface area contributed by atoms with Gasteiger partial charge in [0.1, 0.15) is 12.4 Å². The zero-order chi connectivity index (χ0) is 18.6. The van der Waals surface area contributed by atoms with Crippen LogP contribution in [-0.4, -0.2) is 47.5 Å². The lowest BCUT2D eigenvalue weighted by atomic mass is 10.0. The summed E-state index contributed by atoms with van der Waals surface area (Å²) in [5, 5.41) is 7.65. The molecule has 0 aliphatic carbocycles. The van der Waals surface area contributed by atoms with Crippen molar-refractivity contribution in [2.45, 2.75) is 38.5 Å². The van der Waals surface area contributed by atoms with Gasteiger partial charge in [0, 0.05) is 31.3 Å². The van der Waals surface area contributed by atoms with Gasteiger partial charge in [-0.3, -0.25) is 4.68 Å². The number of para-hydroxylation sites is 1. The number of carbonyl (C=O) groups is 1. The molecule has 1 aromatic carbocycles. The van der Waals surface area contributed by atoms with E-state index in [1.54, 1.807) is 7.05 Å². The number of carbonyl (C=O) groups excluding carboxylic acids is 1. The van der Waals surface area contributed by atoms with Crippen LogP contribution in [0.3, 0.4) is 0 Å². The normalized spacial score (nSPS) is 19.0. The fourth-order valence-electron chi connectivity index (χ4n) is 3.99. The van der Waals surface area contributed by atoms with Crippen LogP contribution in [0.1, 0.15) is 35.8 Å². The van der Waals surface area contributed by atoms with E-state index < -0.39 is 0 Å². The van der Waals surface area contributed by atoms with Crippen LogP contribution in [-0.2, 0) is 24.3 Å². The van der Waals surface area contributed by atoms with E-state index in [0.717, 1.165) is 42.8 Å². The van der Waals surface area contributed by atoms with Gasteiger partial charge in [0.05, 0.1) is 31.5 Å². The number of nitrogens with one attached hydrogen (secondary N) is 1. The number of ether oxygens (including phenoxy) is 2. The number of amides is 2. The molecule has 27 heavy (non-hydrogen) atoms. The second-order valence-corrected chi connectivity index (χ2v) is 6.90. The van der Waals surface area contributed by atoms with E-state index in [4.69, 9.17) is 14.6 Å². The highest BCUT2D eigenvalue weighted by Crippen LogP contribution is 2.35. The number of benzene rings is 1. The minimum atomic E-state index is -0.0371. The molecule has 1 saturated heterocycles. The molecule has 2 amide bonds. The summed E-state index contributed by atoms with van der Waals surface area (Å²) in [6.45, 7) is 3.29. The third kappa shape index (κ3) is 3.64. The van der Waals surface area contributed by atoms with Gasteiger partial charge in [0.15, 0.2) is 0 Å². The highest BCUT2D eigenvalue weighted by Gasteiger charge is 2.35. The average Bonchev–Trinajstić information content (AvgIpc) is 3.33.